The minimum absolute atomic E-state index is 0.0234. The van der Waals surface area contributed by atoms with E-state index in [1.807, 2.05) is 0 Å². The van der Waals surface area contributed by atoms with Crippen LogP contribution in [0.5, 0.6) is 0 Å². The van der Waals surface area contributed by atoms with E-state index in [0.717, 1.165) is 24.9 Å². The summed E-state index contributed by atoms with van der Waals surface area (Å²) in [7, 11) is 0. The third-order valence-corrected chi connectivity index (χ3v) is 5.13. The van der Waals surface area contributed by atoms with Crippen molar-refractivity contribution in [3.63, 3.8) is 0 Å². The summed E-state index contributed by atoms with van der Waals surface area (Å²) in [5, 5.41) is 2.94. The van der Waals surface area contributed by atoms with Crippen molar-refractivity contribution in [2.45, 2.75) is 31.3 Å². The van der Waals surface area contributed by atoms with E-state index in [-0.39, 0.29) is 35.6 Å². The minimum Gasteiger partial charge on any atom is -0.369 e. The summed E-state index contributed by atoms with van der Waals surface area (Å²) in [6.07, 6.45) is 2.40. The first-order valence-corrected chi connectivity index (χ1v) is 9.09. The Morgan fingerprint density at radius 3 is 2.77 bits per heavy atom. The molecule has 0 saturated carbocycles. The smallest absolute Gasteiger partial charge is 0.238 e. The molecule has 3 rings (SSSR count). The fourth-order valence-corrected chi connectivity index (χ4v) is 3.59. The molecule has 8 heteroatoms. The quantitative estimate of drug-likeness (QED) is 0.572. The van der Waals surface area contributed by atoms with E-state index >= 15 is 0 Å². The van der Waals surface area contributed by atoms with Crippen molar-refractivity contribution in [1.82, 2.24) is 21.1 Å². The molecule has 2 aliphatic heterocycles. The van der Waals surface area contributed by atoms with Crippen LogP contribution < -0.4 is 21.9 Å². The van der Waals surface area contributed by atoms with Gasteiger partial charge >= 0.3 is 0 Å². The fraction of sp³-hybridized carbons (Fsp3) is 0.556. The number of hydrogen-bond donors (Lipinski definition) is 4. The highest BCUT2D eigenvalue weighted by Gasteiger charge is 2.30. The van der Waals surface area contributed by atoms with Crippen molar-refractivity contribution in [3.8, 4) is 0 Å². The van der Waals surface area contributed by atoms with E-state index in [4.69, 9.17) is 5.73 Å². The lowest BCUT2D eigenvalue weighted by Gasteiger charge is -2.31. The molecule has 2 aliphatic rings. The van der Waals surface area contributed by atoms with Gasteiger partial charge in [0.05, 0.1) is 5.92 Å². The number of likely N-dealkylation sites (tertiary alicyclic amines) is 1. The van der Waals surface area contributed by atoms with Crippen LogP contribution >= 0.6 is 0 Å². The summed E-state index contributed by atoms with van der Waals surface area (Å²) in [6, 6.07) is 5.93. The third-order valence-electron chi connectivity index (χ3n) is 5.13. The highest BCUT2D eigenvalue weighted by molar-refractivity contribution is 5.82. The number of halogens is 1. The van der Waals surface area contributed by atoms with Crippen molar-refractivity contribution in [2.24, 2.45) is 11.7 Å². The molecular formula is C18H26FN5O2. The van der Waals surface area contributed by atoms with Crippen LogP contribution in [0.25, 0.3) is 0 Å². The molecule has 7 nitrogen and oxygen atoms in total. The number of amides is 2. The maximum Gasteiger partial charge on any atom is 0.238 e. The number of rotatable bonds is 6. The topological polar surface area (TPSA) is 99.5 Å². The van der Waals surface area contributed by atoms with E-state index in [2.05, 4.69) is 21.1 Å². The molecule has 2 amide bonds. The first-order valence-electron chi connectivity index (χ1n) is 9.09. The van der Waals surface area contributed by atoms with Crippen LogP contribution in [-0.4, -0.2) is 48.9 Å². The summed E-state index contributed by atoms with van der Waals surface area (Å²) in [4.78, 5) is 25.8. The number of nitrogens with zero attached hydrogens (tertiary/aromatic N) is 1. The standard InChI is InChI=1S/C18H26FN5O2/c19-14-5-3-12(4-6-14)15-10-16(23-22-15)18(26)21-7-9-24-8-1-2-13(11-24)17(20)25/h3-6,13,15-16,22-23H,1-2,7-11H2,(H2,20,25)(H,21,26). The molecule has 26 heavy (non-hydrogen) atoms. The van der Waals surface area contributed by atoms with E-state index < -0.39 is 0 Å². The largest absolute Gasteiger partial charge is 0.369 e. The number of nitrogens with two attached hydrogens (primary N) is 1. The van der Waals surface area contributed by atoms with Crippen molar-refractivity contribution >= 4 is 11.8 Å². The van der Waals surface area contributed by atoms with Crippen molar-refractivity contribution in [1.29, 1.82) is 0 Å². The number of primary amides is 1. The second-order valence-corrected chi connectivity index (χ2v) is 7.01. The van der Waals surface area contributed by atoms with Gasteiger partial charge in [0, 0.05) is 25.7 Å². The minimum atomic E-state index is -0.329. The molecule has 1 aromatic carbocycles. The Balaban J connectivity index is 1.40. The lowest BCUT2D eigenvalue weighted by molar-refractivity contribution is -0.124. The van der Waals surface area contributed by atoms with E-state index in [1.165, 1.54) is 12.1 Å². The van der Waals surface area contributed by atoms with Crippen molar-refractivity contribution in [3.05, 3.63) is 35.6 Å². The number of carbonyl (C=O) groups excluding carboxylic acids is 2. The molecule has 0 radical (unpaired) electrons. The number of hydrazine groups is 1. The van der Waals surface area contributed by atoms with Gasteiger partial charge < -0.3 is 16.0 Å². The maximum absolute atomic E-state index is 13.0. The molecule has 0 aromatic heterocycles. The lowest BCUT2D eigenvalue weighted by atomic mass is 9.97. The summed E-state index contributed by atoms with van der Waals surface area (Å²) in [5.74, 6) is -0.667. The number of piperidine rings is 1. The van der Waals surface area contributed by atoms with Crippen LogP contribution in [0.1, 0.15) is 30.9 Å². The predicted molar refractivity (Wildman–Crippen MR) is 95.2 cm³/mol. The van der Waals surface area contributed by atoms with Crippen molar-refractivity contribution < 1.29 is 14.0 Å². The number of hydrogen-bond acceptors (Lipinski definition) is 5. The monoisotopic (exact) mass is 363 g/mol. The van der Waals surface area contributed by atoms with Gasteiger partial charge in [-0.2, -0.15) is 0 Å². The van der Waals surface area contributed by atoms with Crippen LogP contribution in [0.2, 0.25) is 0 Å². The molecule has 0 bridgehead atoms. The summed E-state index contributed by atoms with van der Waals surface area (Å²) >= 11 is 0. The molecule has 3 atom stereocenters. The highest BCUT2D eigenvalue weighted by atomic mass is 19.1. The fourth-order valence-electron chi connectivity index (χ4n) is 3.59. The zero-order chi connectivity index (χ0) is 18.5. The van der Waals surface area contributed by atoms with Gasteiger partial charge in [-0.15, -0.1) is 0 Å². The molecule has 0 spiro atoms. The van der Waals surface area contributed by atoms with Crippen LogP contribution in [-0.2, 0) is 9.59 Å². The van der Waals surface area contributed by atoms with Gasteiger partial charge in [-0.25, -0.2) is 15.2 Å². The third kappa shape index (κ3) is 4.78. The first-order chi connectivity index (χ1) is 12.5. The van der Waals surface area contributed by atoms with Gasteiger partial charge in [-0.1, -0.05) is 12.1 Å². The Morgan fingerprint density at radius 1 is 1.27 bits per heavy atom. The predicted octanol–water partition coefficient (Wildman–Crippen LogP) is 0.0468. The average Bonchev–Trinajstić information content (AvgIpc) is 3.13. The van der Waals surface area contributed by atoms with Crippen LogP contribution in [0, 0.1) is 11.7 Å². The molecule has 0 aliphatic carbocycles. The molecule has 3 unspecified atom stereocenters. The Morgan fingerprint density at radius 2 is 2.04 bits per heavy atom. The zero-order valence-corrected chi connectivity index (χ0v) is 14.7. The lowest BCUT2D eigenvalue weighted by Crippen LogP contribution is -2.47. The van der Waals surface area contributed by atoms with E-state index in [0.29, 0.717) is 26.1 Å². The van der Waals surface area contributed by atoms with Crippen LogP contribution in [0.3, 0.4) is 0 Å². The Kier molecular flexibility index (Phi) is 6.18. The zero-order valence-electron chi connectivity index (χ0n) is 14.7. The number of carbonyl (C=O) groups is 2. The van der Waals surface area contributed by atoms with Gasteiger partial charge in [0.2, 0.25) is 11.8 Å². The Hall–Kier alpha value is -2.03. The van der Waals surface area contributed by atoms with Crippen LogP contribution in [0.4, 0.5) is 4.39 Å². The van der Waals surface area contributed by atoms with Crippen molar-refractivity contribution in [2.75, 3.05) is 26.2 Å². The number of nitrogens with one attached hydrogen (secondary N) is 3. The van der Waals surface area contributed by atoms with Gasteiger partial charge in [-0.3, -0.25) is 9.59 Å². The van der Waals surface area contributed by atoms with Gasteiger partial charge in [0.25, 0.3) is 0 Å². The molecule has 1 aromatic rings. The second kappa shape index (κ2) is 8.57. The highest BCUT2D eigenvalue weighted by Crippen LogP contribution is 2.22. The molecular weight excluding hydrogens is 337 g/mol. The average molecular weight is 363 g/mol. The van der Waals surface area contributed by atoms with E-state index in [9.17, 15) is 14.0 Å². The summed E-state index contributed by atoms with van der Waals surface area (Å²) < 4.78 is 13.0. The van der Waals surface area contributed by atoms with E-state index in [1.54, 1.807) is 12.1 Å². The molecule has 5 N–H and O–H groups in total. The van der Waals surface area contributed by atoms with Crippen LogP contribution in [0.15, 0.2) is 24.3 Å². The Bertz CT molecular complexity index is 639. The Labute approximate surface area is 152 Å². The molecule has 2 heterocycles. The molecule has 142 valence electrons. The summed E-state index contributed by atoms with van der Waals surface area (Å²) in [6.45, 7) is 2.83. The second-order valence-electron chi connectivity index (χ2n) is 7.01. The molecule has 2 fully saturated rings. The molecule has 2 saturated heterocycles. The summed E-state index contributed by atoms with van der Waals surface area (Å²) in [5.41, 5.74) is 12.4. The first kappa shape index (κ1) is 18.8. The van der Waals surface area contributed by atoms with Gasteiger partial charge in [-0.05, 0) is 43.5 Å². The normalized spacial score (nSPS) is 26.6. The maximum atomic E-state index is 13.0. The van der Waals surface area contributed by atoms with Gasteiger partial charge in [0.1, 0.15) is 11.9 Å². The SMILES string of the molecule is NC(=O)C1CCCN(CCNC(=O)C2CC(c3ccc(F)cc3)NN2)C1. The van der Waals surface area contributed by atoms with Gasteiger partial charge in [0.15, 0.2) is 0 Å². The number of benzene rings is 1.